The van der Waals surface area contributed by atoms with Gasteiger partial charge in [0, 0.05) is 67.3 Å². The van der Waals surface area contributed by atoms with E-state index in [1.807, 2.05) is 17.0 Å². The molecule has 3 aliphatic heterocycles. The fourth-order valence-electron chi connectivity index (χ4n) is 7.70. The lowest BCUT2D eigenvalue weighted by atomic mass is 9.99. The lowest BCUT2D eigenvalue weighted by Crippen LogP contribution is -2.37. The van der Waals surface area contributed by atoms with Crippen LogP contribution in [0.5, 0.6) is 6.01 Å². The average Bonchev–Trinajstić information content (AvgIpc) is 3.47. The molecule has 52 heavy (non-hydrogen) atoms. The van der Waals surface area contributed by atoms with E-state index in [-0.39, 0.29) is 35.7 Å². The van der Waals surface area contributed by atoms with E-state index in [1.54, 1.807) is 39.2 Å². The van der Waals surface area contributed by atoms with Gasteiger partial charge in [0.15, 0.2) is 11.6 Å². The Balaban J connectivity index is 0.000000404. The molecular formula is C38H42ClF3N8O2. The van der Waals surface area contributed by atoms with Crippen molar-refractivity contribution < 1.29 is 22.7 Å². The first-order valence-corrected chi connectivity index (χ1v) is 18.2. The molecule has 1 amide bonds. The quantitative estimate of drug-likeness (QED) is 0.186. The first-order chi connectivity index (χ1) is 25.0. The van der Waals surface area contributed by atoms with Crippen LogP contribution in [0.25, 0.3) is 28.2 Å². The number of aryl methyl sites for hydroxylation is 2. The topological polar surface area (TPSA) is 100 Å². The van der Waals surface area contributed by atoms with Crippen molar-refractivity contribution in [3.63, 3.8) is 0 Å². The lowest BCUT2D eigenvalue weighted by molar-refractivity contribution is -0.127. The highest BCUT2D eigenvalue weighted by Crippen LogP contribution is 2.48. The van der Waals surface area contributed by atoms with Gasteiger partial charge in [-0.2, -0.15) is 9.97 Å². The summed E-state index contributed by atoms with van der Waals surface area (Å²) >= 11 is 6.52. The third-order valence-corrected chi connectivity index (χ3v) is 10.7. The van der Waals surface area contributed by atoms with Gasteiger partial charge in [-0.05, 0) is 82.5 Å². The molecule has 1 aliphatic carbocycles. The van der Waals surface area contributed by atoms with Gasteiger partial charge >= 0.3 is 6.01 Å². The van der Waals surface area contributed by atoms with Crippen LogP contribution in [-0.2, 0) is 4.79 Å². The van der Waals surface area contributed by atoms with E-state index in [0.717, 1.165) is 37.4 Å². The second-order valence-corrected chi connectivity index (χ2v) is 14.5. The number of hydrogen-bond acceptors (Lipinski definition) is 9. The largest absolute Gasteiger partial charge is 0.467 e. The Kier molecular flexibility index (Phi) is 10.3. The number of nitrogens with zero attached hydrogens (tertiary/aromatic N) is 8. The molecule has 0 N–H and O–H groups in total. The number of anilines is 1. The maximum atomic E-state index is 16.2. The Morgan fingerprint density at radius 2 is 1.88 bits per heavy atom. The molecule has 6 heterocycles. The summed E-state index contributed by atoms with van der Waals surface area (Å²) in [6.07, 6.45) is 8.05. The average molecular weight is 735 g/mol. The normalized spacial score (nSPS) is 21.7. The Bertz CT molecular complexity index is 2000. The van der Waals surface area contributed by atoms with E-state index in [9.17, 15) is 13.6 Å². The molecule has 1 saturated carbocycles. The Morgan fingerprint density at radius 3 is 2.62 bits per heavy atom. The molecule has 10 nitrogen and oxygen atoms in total. The van der Waals surface area contributed by atoms with Crippen molar-refractivity contribution in [1.29, 1.82) is 0 Å². The number of alkyl halides is 1. The van der Waals surface area contributed by atoms with Crippen LogP contribution in [0.2, 0.25) is 5.02 Å². The number of likely N-dealkylation sites (tertiary alicyclic amines) is 1. The van der Waals surface area contributed by atoms with Gasteiger partial charge < -0.3 is 14.5 Å². The van der Waals surface area contributed by atoms with Gasteiger partial charge in [-0.25, -0.2) is 23.1 Å². The van der Waals surface area contributed by atoms with Crippen LogP contribution in [0.4, 0.5) is 19.0 Å². The summed E-state index contributed by atoms with van der Waals surface area (Å²) in [5.74, 6) is -1.04. The number of pyridine rings is 1. The van der Waals surface area contributed by atoms with Crippen molar-refractivity contribution in [3.8, 4) is 17.3 Å². The van der Waals surface area contributed by atoms with Crippen molar-refractivity contribution in [2.75, 3.05) is 45.2 Å². The number of methoxy groups -OCH3 is 1. The predicted octanol–water partition coefficient (Wildman–Crippen LogP) is 7.02. The fourth-order valence-corrected chi connectivity index (χ4v) is 8.03. The molecule has 0 bridgehead atoms. The molecule has 3 atom stereocenters. The van der Waals surface area contributed by atoms with Gasteiger partial charge in [-0.1, -0.05) is 23.7 Å². The molecule has 14 heteroatoms. The number of carbonyl (C=O) groups excluding carboxylic acids is 1. The van der Waals surface area contributed by atoms with Crippen LogP contribution in [0.15, 0.2) is 36.3 Å². The number of rotatable bonds is 7. The molecule has 1 aromatic carbocycles. The number of fused-ring (bicyclic) bond motifs is 2. The zero-order chi connectivity index (χ0) is 36.7. The SMILES string of the molecule is COc1nc(N(C)C2CCN(C(=O)/C(F)=C/c3cc(C)nc(C)n3)C2)c2cnc(-c3cccc(Cl)c3C3CC3)c(F)c2n1.FC1CC2CCCN2C1. The van der Waals surface area contributed by atoms with Gasteiger partial charge in [-0.15, -0.1) is 0 Å². The van der Waals surface area contributed by atoms with Crippen molar-refractivity contribution in [2.24, 2.45) is 0 Å². The number of ether oxygens (including phenoxy) is 1. The zero-order valence-corrected chi connectivity index (χ0v) is 30.5. The standard InChI is InChI=1S/C31H30ClF2N7O2.C7H12FN/c1-16-12-19(37-17(2)36-16)13-24(33)30(42)41-11-10-20(15-41)40(3)29-22-14-35-27(26(34)28(22)38-31(39-29)43-4)21-6-5-7-23(32)25(21)18-8-9-18;8-6-4-7-2-1-3-9(7)5-6/h5-7,12-14,18,20H,8-11,15H2,1-4H3;6-7H,1-5H2/b24-13-;. The van der Waals surface area contributed by atoms with Gasteiger partial charge in [0.25, 0.3) is 5.91 Å². The number of likely N-dealkylation sites (N-methyl/N-ethyl adjacent to an activating group) is 1. The van der Waals surface area contributed by atoms with Gasteiger partial charge in [0.05, 0.1) is 18.2 Å². The molecule has 0 radical (unpaired) electrons. The second kappa shape index (κ2) is 14.9. The van der Waals surface area contributed by atoms with E-state index in [4.69, 9.17) is 16.3 Å². The molecule has 274 valence electrons. The molecule has 3 aromatic heterocycles. The number of hydrogen-bond donors (Lipinski definition) is 0. The summed E-state index contributed by atoms with van der Waals surface area (Å²) in [6, 6.07) is 7.42. The fraction of sp³-hybridized carbons (Fsp3) is 0.474. The van der Waals surface area contributed by atoms with E-state index >= 15 is 4.39 Å². The zero-order valence-electron chi connectivity index (χ0n) is 29.8. The second-order valence-electron chi connectivity index (χ2n) is 14.1. The van der Waals surface area contributed by atoms with Crippen molar-refractivity contribution in [3.05, 3.63) is 69.9 Å². The molecule has 4 aromatic rings. The van der Waals surface area contributed by atoms with E-state index in [2.05, 4.69) is 29.8 Å². The summed E-state index contributed by atoms with van der Waals surface area (Å²) in [4.78, 5) is 40.3. The number of carbonyl (C=O) groups is 1. The summed E-state index contributed by atoms with van der Waals surface area (Å²) in [7, 11) is 3.21. The first-order valence-electron chi connectivity index (χ1n) is 17.8. The van der Waals surface area contributed by atoms with Crippen molar-refractivity contribution >= 4 is 40.3 Å². The van der Waals surface area contributed by atoms with E-state index < -0.39 is 23.7 Å². The molecule has 4 fully saturated rings. The smallest absolute Gasteiger partial charge is 0.318 e. The molecule has 8 rings (SSSR count). The molecule has 0 spiro atoms. The Morgan fingerprint density at radius 1 is 1.08 bits per heavy atom. The highest BCUT2D eigenvalue weighted by atomic mass is 35.5. The molecule has 3 unspecified atom stereocenters. The monoisotopic (exact) mass is 734 g/mol. The third kappa shape index (κ3) is 7.43. The summed E-state index contributed by atoms with van der Waals surface area (Å²) in [6.45, 7) is 5.93. The maximum absolute atomic E-state index is 16.2. The van der Waals surface area contributed by atoms with Crippen LogP contribution in [0.1, 0.15) is 67.2 Å². The maximum Gasteiger partial charge on any atom is 0.318 e. The van der Waals surface area contributed by atoms with Crippen LogP contribution in [0, 0.1) is 19.7 Å². The summed E-state index contributed by atoms with van der Waals surface area (Å²) in [5, 5.41) is 0.987. The van der Waals surface area contributed by atoms with Gasteiger partial charge in [0.1, 0.15) is 29.0 Å². The summed E-state index contributed by atoms with van der Waals surface area (Å²) < 4.78 is 49.1. The highest BCUT2D eigenvalue weighted by Gasteiger charge is 2.35. The number of amides is 1. The minimum atomic E-state index is -0.902. The van der Waals surface area contributed by atoms with E-state index in [1.165, 1.54) is 24.9 Å². The van der Waals surface area contributed by atoms with E-state index in [0.29, 0.717) is 64.6 Å². The Labute approximate surface area is 306 Å². The first kappa shape index (κ1) is 36.0. The minimum Gasteiger partial charge on any atom is -0.467 e. The number of halogens is 4. The van der Waals surface area contributed by atoms with Crippen molar-refractivity contribution in [2.45, 2.75) is 76.5 Å². The van der Waals surface area contributed by atoms with Crippen LogP contribution < -0.4 is 9.64 Å². The van der Waals surface area contributed by atoms with Crippen LogP contribution in [0.3, 0.4) is 0 Å². The number of benzene rings is 1. The molecular weight excluding hydrogens is 693 g/mol. The summed E-state index contributed by atoms with van der Waals surface area (Å²) in [5.41, 5.74) is 2.79. The van der Waals surface area contributed by atoms with Gasteiger partial charge in [-0.3, -0.25) is 14.7 Å². The third-order valence-electron chi connectivity index (χ3n) is 10.4. The number of aromatic nitrogens is 5. The van der Waals surface area contributed by atoms with Crippen molar-refractivity contribution in [1.82, 2.24) is 34.7 Å². The van der Waals surface area contributed by atoms with Gasteiger partial charge in [0.2, 0.25) is 0 Å². The van der Waals surface area contributed by atoms with Crippen LogP contribution in [-0.4, -0.2) is 99.2 Å². The Hall–Kier alpha value is -4.36. The predicted molar refractivity (Wildman–Crippen MR) is 194 cm³/mol. The minimum absolute atomic E-state index is 0.00532. The molecule has 3 saturated heterocycles. The molecule has 4 aliphatic rings. The highest BCUT2D eigenvalue weighted by molar-refractivity contribution is 6.32. The van der Waals surface area contributed by atoms with Crippen LogP contribution >= 0.6 is 11.6 Å². The lowest BCUT2D eigenvalue weighted by Gasteiger charge is -2.27.